The van der Waals surface area contributed by atoms with Crippen LogP contribution in [-0.2, 0) is 6.54 Å². The summed E-state index contributed by atoms with van der Waals surface area (Å²) in [4.78, 5) is 19.1. The molecule has 2 fully saturated rings. The minimum absolute atomic E-state index is 0. The first-order valence-electron chi connectivity index (χ1n) is 10.5. The Morgan fingerprint density at radius 3 is 2.68 bits per heavy atom. The van der Waals surface area contributed by atoms with E-state index in [0.29, 0.717) is 18.5 Å². The summed E-state index contributed by atoms with van der Waals surface area (Å²) in [5, 5.41) is 6.44. The van der Waals surface area contributed by atoms with E-state index in [0.717, 1.165) is 36.6 Å². The van der Waals surface area contributed by atoms with E-state index in [-0.39, 0.29) is 29.9 Å². The lowest BCUT2D eigenvalue weighted by atomic mass is 9.73. The van der Waals surface area contributed by atoms with Gasteiger partial charge in [0.2, 0.25) is 0 Å². The molecule has 1 saturated heterocycles. The third-order valence-electron chi connectivity index (χ3n) is 6.04. The monoisotopic (exact) mass is 498 g/mol. The van der Waals surface area contributed by atoms with Gasteiger partial charge in [0, 0.05) is 38.8 Å². The molecule has 1 aliphatic carbocycles. The van der Waals surface area contributed by atoms with Gasteiger partial charge in [0.25, 0.3) is 5.91 Å². The average molecular weight is 498 g/mol. The number of likely N-dealkylation sites (tertiary alicyclic amines) is 1. The third-order valence-corrected chi connectivity index (χ3v) is 6.04. The molecule has 1 spiro atoms. The zero-order valence-corrected chi connectivity index (χ0v) is 19.6. The average Bonchev–Trinajstić information content (AvgIpc) is 3.10. The summed E-state index contributed by atoms with van der Waals surface area (Å²) >= 11 is 0. The molecule has 1 amide bonds. The Hall–Kier alpha value is -1.31. The van der Waals surface area contributed by atoms with Crippen LogP contribution in [0.25, 0.3) is 0 Å². The number of guanidine groups is 1. The van der Waals surface area contributed by atoms with Gasteiger partial charge in [0.15, 0.2) is 5.96 Å². The smallest absolute Gasteiger partial charge is 0.251 e. The van der Waals surface area contributed by atoms with Crippen molar-refractivity contribution in [1.29, 1.82) is 0 Å². The van der Waals surface area contributed by atoms with Crippen molar-refractivity contribution in [2.24, 2.45) is 10.4 Å². The molecule has 3 rings (SSSR count). The highest BCUT2D eigenvalue weighted by Gasteiger charge is 2.39. The number of benzene rings is 1. The number of hydrogen-bond acceptors (Lipinski definition) is 2. The summed E-state index contributed by atoms with van der Waals surface area (Å²) in [5.74, 6) is 0.986. The maximum Gasteiger partial charge on any atom is 0.251 e. The van der Waals surface area contributed by atoms with Crippen molar-refractivity contribution in [1.82, 2.24) is 15.5 Å². The molecule has 6 heteroatoms. The summed E-state index contributed by atoms with van der Waals surface area (Å²) in [6.07, 6.45) is 9.14. The Labute approximate surface area is 186 Å². The van der Waals surface area contributed by atoms with Crippen LogP contribution >= 0.6 is 24.0 Å². The molecule has 0 bridgehead atoms. The molecular formula is C22H35IN4O. The number of nitrogens with zero attached hydrogens (tertiary/aromatic N) is 2. The van der Waals surface area contributed by atoms with Gasteiger partial charge in [0.1, 0.15) is 0 Å². The molecule has 2 N–H and O–H groups in total. The fourth-order valence-corrected chi connectivity index (χ4v) is 4.50. The molecule has 1 aromatic carbocycles. The Kier molecular flexibility index (Phi) is 9.05. The Morgan fingerprint density at radius 2 is 1.96 bits per heavy atom. The van der Waals surface area contributed by atoms with Crippen LogP contribution in [0.2, 0.25) is 0 Å². The second kappa shape index (κ2) is 11.0. The minimum atomic E-state index is 0. The highest BCUT2D eigenvalue weighted by Crippen LogP contribution is 2.43. The molecule has 1 aromatic rings. The van der Waals surface area contributed by atoms with Crippen molar-refractivity contribution in [2.45, 2.75) is 58.4 Å². The third kappa shape index (κ3) is 5.84. The van der Waals surface area contributed by atoms with Crippen LogP contribution in [0.1, 0.15) is 67.8 Å². The van der Waals surface area contributed by atoms with Gasteiger partial charge in [-0.05, 0) is 48.8 Å². The predicted molar refractivity (Wildman–Crippen MR) is 126 cm³/mol. The summed E-state index contributed by atoms with van der Waals surface area (Å²) in [7, 11) is 1.86. The quantitative estimate of drug-likeness (QED) is 0.364. The Balaban J connectivity index is 0.00000280. The zero-order chi connectivity index (χ0) is 19.1. The molecule has 1 saturated carbocycles. The van der Waals surface area contributed by atoms with E-state index in [2.05, 4.69) is 33.5 Å². The van der Waals surface area contributed by atoms with Gasteiger partial charge in [-0.1, -0.05) is 38.3 Å². The van der Waals surface area contributed by atoms with E-state index in [9.17, 15) is 4.79 Å². The molecular weight excluding hydrogens is 463 g/mol. The standard InChI is InChI=1S/C22H34N4O.HI/c1-3-13-24-20(27)19-9-7-8-18(15-19)16-25-21(23-2)26-14-12-22(17-26)10-5-4-6-11-22;/h7-9,15H,3-6,10-14,16-17H2,1-2H3,(H,23,25)(H,24,27);1H. The Morgan fingerprint density at radius 1 is 1.18 bits per heavy atom. The topological polar surface area (TPSA) is 56.7 Å². The van der Waals surface area contributed by atoms with Gasteiger partial charge in [-0.2, -0.15) is 0 Å². The van der Waals surface area contributed by atoms with Crippen molar-refractivity contribution in [2.75, 3.05) is 26.7 Å². The summed E-state index contributed by atoms with van der Waals surface area (Å²) in [6.45, 7) is 5.68. The van der Waals surface area contributed by atoms with Crippen LogP contribution in [0.3, 0.4) is 0 Å². The first kappa shape index (κ1) is 23.0. The van der Waals surface area contributed by atoms with E-state index in [1.54, 1.807) is 0 Å². The molecule has 0 radical (unpaired) electrons. The predicted octanol–water partition coefficient (Wildman–Crippen LogP) is 4.18. The maximum atomic E-state index is 12.2. The molecule has 156 valence electrons. The molecule has 28 heavy (non-hydrogen) atoms. The summed E-state index contributed by atoms with van der Waals surface area (Å²) in [5.41, 5.74) is 2.35. The van der Waals surface area contributed by atoms with E-state index >= 15 is 0 Å². The molecule has 1 heterocycles. The van der Waals surface area contributed by atoms with Crippen LogP contribution in [0, 0.1) is 5.41 Å². The van der Waals surface area contributed by atoms with Crippen molar-refractivity contribution in [3.05, 3.63) is 35.4 Å². The first-order valence-corrected chi connectivity index (χ1v) is 10.5. The number of carbonyl (C=O) groups excluding carboxylic acids is 1. The highest BCUT2D eigenvalue weighted by atomic mass is 127. The van der Waals surface area contributed by atoms with Crippen molar-refractivity contribution >= 4 is 35.8 Å². The molecule has 0 atom stereocenters. The number of nitrogens with one attached hydrogen (secondary N) is 2. The second-order valence-corrected chi connectivity index (χ2v) is 8.09. The normalized spacial score (nSPS) is 18.6. The highest BCUT2D eigenvalue weighted by molar-refractivity contribution is 14.0. The van der Waals surface area contributed by atoms with Gasteiger partial charge < -0.3 is 15.5 Å². The van der Waals surface area contributed by atoms with E-state index in [1.807, 2.05) is 25.2 Å². The van der Waals surface area contributed by atoms with Crippen LogP contribution in [0.15, 0.2) is 29.3 Å². The molecule has 5 nitrogen and oxygen atoms in total. The minimum Gasteiger partial charge on any atom is -0.352 e. The zero-order valence-electron chi connectivity index (χ0n) is 17.3. The summed E-state index contributed by atoms with van der Waals surface area (Å²) < 4.78 is 0. The lowest BCUT2D eigenvalue weighted by molar-refractivity contribution is 0.0953. The largest absolute Gasteiger partial charge is 0.352 e. The fraction of sp³-hybridized carbons (Fsp3) is 0.636. The van der Waals surface area contributed by atoms with Crippen molar-refractivity contribution in [3.8, 4) is 0 Å². The van der Waals surface area contributed by atoms with Crippen molar-refractivity contribution in [3.63, 3.8) is 0 Å². The maximum absolute atomic E-state index is 12.2. The lowest BCUT2D eigenvalue weighted by Crippen LogP contribution is -2.41. The number of aliphatic imine (C=N–C) groups is 1. The number of amides is 1. The molecule has 0 aromatic heterocycles. The van der Waals surface area contributed by atoms with Crippen molar-refractivity contribution < 1.29 is 4.79 Å². The van der Waals surface area contributed by atoms with Crippen LogP contribution in [0.4, 0.5) is 0 Å². The molecule has 0 unspecified atom stereocenters. The van der Waals surface area contributed by atoms with Gasteiger partial charge in [-0.3, -0.25) is 9.79 Å². The number of hydrogen-bond donors (Lipinski definition) is 2. The number of halogens is 1. The van der Waals surface area contributed by atoms with Crippen LogP contribution in [-0.4, -0.2) is 43.4 Å². The van der Waals surface area contributed by atoms with E-state index < -0.39 is 0 Å². The number of carbonyl (C=O) groups is 1. The second-order valence-electron chi connectivity index (χ2n) is 8.09. The SMILES string of the molecule is CCCNC(=O)c1cccc(CNC(=NC)N2CCC3(CCCCC3)C2)c1.I. The molecule has 2 aliphatic rings. The van der Waals surface area contributed by atoms with Gasteiger partial charge in [-0.25, -0.2) is 0 Å². The van der Waals surface area contributed by atoms with Gasteiger partial charge in [0.05, 0.1) is 0 Å². The van der Waals surface area contributed by atoms with Gasteiger partial charge in [-0.15, -0.1) is 24.0 Å². The Bertz CT molecular complexity index is 670. The van der Waals surface area contributed by atoms with Gasteiger partial charge >= 0.3 is 0 Å². The first-order chi connectivity index (χ1) is 13.2. The van der Waals surface area contributed by atoms with Crippen LogP contribution in [0.5, 0.6) is 0 Å². The van der Waals surface area contributed by atoms with Crippen LogP contribution < -0.4 is 10.6 Å². The fourth-order valence-electron chi connectivity index (χ4n) is 4.50. The lowest BCUT2D eigenvalue weighted by Gasteiger charge is -2.33. The van der Waals surface area contributed by atoms with E-state index in [1.165, 1.54) is 38.5 Å². The molecule has 1 aliphatic heterocycles. The number of rotatable bonds is 5. The van der Waals surface area contributed by atoms with E-state index in [4.69, 9.17) is 0 Å². The summed E-state index contributed by atoms with van der Waals surface area (Å²) in [6, 6.07) is 7.85.